The molecule has 3 aliphatic heterocycles. The molecule has 9 heteroatoms. The Morgan fingerprint density at radius 1 is 1.11 bits per heavy atom. The van der Waals surface area contributed by atoms with Crippen LogP contribution in [-0.2, 0) is 4.79 Å². The number of nitrogens with one attached hydrogen (secondary N) is 4. The maximum absolute atomic E-state index is 13.1. The third-order valence-electron chi connectivity index (χ3n) is 5.54. The Balaban J connectivity index is 1.53. The molecule has 4 amide bonds. The molecule has 1 aromatic rings. The fourth-order valence-corrected chi connectivity index (χ4v) is 4.18. The van der Waals surface area contributed by atoms with E-state index in [9.17, 15) is 14.4 Å². The normalized spacial score (nSPS) is 26.2. The minimum atomic E-state index is -0.563. The van der Waals surface area contributed by atoms with Crippen LogP contribution in [0, 0.1) is 5.92 Å². The molecule has 3 aliphatic rings. The molecular formula is C18H22ClN5O3. The molecule has 0 bridgehead atoms. The van der Waals surface area contributed by atoms with E-state index in [1.54, 1.807) is 18.2 Å². The molecule has 27 heavy (non-hydrogen) atoms. The number of piperazine rings is 1. The summed E-state index contributed by atoms with van der Waals surface area (Å²) in [5.74, 6) is -0.527. The number of hydrogen-bond donors (Lipinski definition) is 4. The highest BCUT2D eigenvalue weighted by Gasteiger charge is 2.36. The van der Waals surface area contributed by atoms with Gasteiger partial charge in [-0.25, -0.2) is 4.79 Å². The second-order valence-electron chi connectivity index (χ2n) is 7.18. The van der Waals surface area contributed by atoms with Crippen molar-refractivity contribution in [3.63, 3.8) is 0 Å². The van der Waals surface area contributed by atoms with Crippen molar-refractivity contribution in [3.05, 3.63) is 34.3 Å². The van der Waals surface area contributed by atoms with Crippen LogP contribution in [-0.4, -0.2) is 68.1 Å². The maximum Gasteiger partial charge on any atom is 0.321 e. The summed E-state index contributed by atoms with van der Waals surface area (Å²) >= 11 is 6.40. The maximum atomic E-state index is 13.1. The van der Waals surface area contributed by atoms with E-state index in [2.05, 4.69) is 21.3 Å². The predicted molar refractivity (Wildman–Crippen MR) is 99.8 cm³/mol. The monoisotopic (exact) mass is 391 g/mol. The number of carbonyl (C=O) groups is 3. The van der Waals surface area contributed by atoms with Crippen LogP contribution in [0.3, 0.4) is 0 Å². The van der Waals surface area contributed by atoms with Crippen molar-refractivity contribution in [2.24, 2.45) is 5.92 Å². The molecule has 1 aromatic carbocycles. The van der Waals surface area contributed by atoms with Crippen LogP contribution in [0.1, 0.15) is 21.8 Å². The summed E-state index contributed by atoms with van der Waals surface area (Å²) in [5, 5.41) is 11.8. The van der Waals surface area contributed by atoms with Gasteiger partial charge >= 0.3 is 6.03 Å². The van der Waals surface area contributed by atoms with Crippen LogP contribution in [0.25, 0.3) is 0 Å². The van der Waals surface area contributed by atoms with Crippen LogP contribution in [0.2, 0.25) is 5.02 Å². The molecule has 2 unspecified atom stereocenters. The second kappa shape index (κ2) is 7.46. The first-order valence-electron chi connectivity index (χ1n) is 9.15. The summed E-state index contributed by atoms with van der Waals surface area (Å²) in [6.07, 6.45) is 0. The van der Waals surface area contributed by atoms with E-state index < -0.39 is 11.9 Å². The Hall–Kier alpha value is -2.16. The Kier molecular flexibility index (Phi) is 5.03. The Bertz CT molecular complexity index is 782. The summed E-state index contributed by atoms with van der Waals surface area (Å²) in [6, 6.07) is 4.71. The molecule has 144 valence electrons. The van der Waals surface area contributed by atoms with E-state index in [1.807, 2.05) is 4.90 Å². The molecule has 3 saturated heterocycles. The molecule has 0 aliphatic carbocycles. The van der Waals surface area contributed by atoms with E-state index in [0.717, 1.165) is 26.2 Å². The van der Waals surface area contributed by atoms with E-state index in [4.69, 9.17) is 11.6 Å². The second-order valence-corrected chi connectivity index (χ2v) is 7.58. The zero-order valence-corrected chi connectivity index (χ0v) is 15.5. The summed E-state index contributed by atoms with van der Waals surface area (Å²) in [5.41, 5.74) is 1.12. The van der Waals surface area contributed by atoms with Crippen molar-refractivity contribution in [3.8, 4) is 0 Å². The molecule has 0 radical (unpaired) electrons. The van der Waals surface area contributed by atoms with Crippen molar-refractivity contribution in [2.45, 2.75) is 12.0 Å². The first-order valence-corrected chi connectivity index (χ1v) is 9.53. The van der Waals surface area contributed by atoms with Gasteiger partial charge in [0, 0.05) is 61.8 Å². The highest BCUT2D eigenvalue weighted by Crippen LogP contribution is 2.28. The van der Waals surface area contributed by atoms with E-state index in [-0.39, 0.29) is 24.4 Å². The first-order chi connectivity index (χ1) is 13.0. The summed E-state index contributed by atoms with van der Waals surface area (Å²) in [4.78, 5) is 38.3. The number of amides is 4. The predicted octanol–water partition coefficient (Wildman–Crippen LogP) is -0.104. The highest BCUT2D eigenvalue weighted by atomic mass is 35.5. The molecular weight excluding hydrogens is 370 g/mol. The van der Waals surface area contributed by atoms with Crippen LogP contribution in [0.15, 0.2) is 18.2 Å². The van der Waals surface area contributed by atoms with Gasteiger partial charge in [0.25, 0.3) is 5.91 Å². The van der Waals surface area contributed by atoms with Gasteiger partial charge in [-0.15, -0.1) is 0 Å². The van der Waals surface area contributed by atoms with Crippen molar-refractivity contribution >= 4 is 29.4 Å². The number of hydrogen-bond acceptors (Lipinski definition) is 5. The fourth-order valence-electron chi connectivity index (χ4n) is 3.87. The summed E-state index contributed by atoms with van der Waals surface area (Å²) < 4.78 is 0. The number of nitrogens with zero attached hydrogens (tertiary/aromatic N) is 1. The SMILES string of the molecule is O=C1NCC(c2ccc(C(=O)N3CCNCC3C3CNC3)cc2Cl)C(=O)N1. The van der Waals surface area contributed by atoms with Crippen molar-refractivity contribution in [1.82, 2.24) is 26.2 Å². The van der Waals surface area contributed by atoms with Gasteiger partial charge in [-0.2, -0.15) is 0 Å². The van der Waals surface area contributed by atoms with E-state index >= 15 is 0 Å². The van der Waals surface area contributed by atoms with Gasteiger partial charge in [0.15, 0.2) is 0 Å². The Morgan fingerprint density at radius 2 is 1.93 bits per heavy atom. The first kappa shape index (κ1) is 18.2. The minimum absolute atomic E-state index is 0.0387. The van der Waals surface area contributed by atoms with Gasteiger partial charge in [0.05, 0.1) is 5.92 Å². The lowest BCUT2D eigenvalue weighted by molar-refractivity contribution is -0.122. The lowest BCUT2D eigenvalue weighted by Crippen LogP contribution is -2.63. The number of carbonyl (C=O) groups excluding carboxylic acids is 3. The number of urea groups is 1. The highest BCUT2D eigenvalue weighted by molar-refractivity contribution is 6.32. The van der Waals surface area contributed by atoms with Crippen LogP contribution in [0.5, 0.6) is 0 Å². The molecule has 4 rings (SSSR count). The molecule has 3 heterocycles. The van der Waals surface area contributed by atoms with Gasteiger partial charge in [0.1, 0.15) is 0 Å². The summed E-state index contributed by atoms with van der Waals surface area (Å²) in [7, 11) is 0. The number of benzene rings is 1. The minimum Gasteiger partial charge on any atom is -0.337 e. The zero-order chi connectivity index (χ0) is 19.0. The van der Waals surface area contributed by atoms with E-state index in [0.29, 0.717) is 28.6 Å². The average molecular weight is 392 g/mol. The van der Waals surface area contributed by atoms with Crippen LogP contribution >= 0.6 is 11.6 Å². The van der Waals surface area contributed by atoms with Crippen LogP contribution < -0.4 is 21.3 Å². The van der Waals surface area contributed by atoms with Crippen LogP contribution in [0.4, 0.5) is 4.79 Å². The smallest absolute Gasteiger partial charge is 0.321 e. The molecule has 3 fully saturated rings. The van der Waals surface area contributed by atoms with Gasteiger partial charge < -0.3 is 20.9 Å². The van der Waals surface area contributed by atoms with Gasteiger partial charge in [-0.1, -0.05) is 17.7 Å². The lowest BCUT2D eigenvalue weighted by atomic mass is 9.90. The fraction of sp³-hybridized carbons (Fsp3) is 0.500. The van der Waals surface area contributed by atoms with Gasteiger partial charge in [0.2, 0.25) is 5.91 Å². The van der Waals surface area contributed by atoms with E-state index in [1.165, 1.54) is 0 Å². The largest absolute Gasteiger partial charge is 0.337 e. The standard InChI is InChI=1S/C18H22ClN5O3/c19-14-5-10(1-2-12(14)13-8-22-18(27)23-16(13)25)17(26)24-4-3-20-9-15(24)11-6-21-7-11/h1-2,5,11,13,15,20-21H,3-4,6-9H2,(H2,22,23,25,27). The van der Waals surface area contributed by atoms with Crippen molar-refractivity contribution in [2.75, 3.05) is 39.3 Å². The lowest BCUT2D eigenvalue weighted by Gasteiger charge is -2.44. The zero-order valence-electron chi connectivity index (χ0n) is 14.8. The molecule has 0 saturated carbocycles. The van der Waals surface area contributed by atoms with Crippen molar-refractivity contribution < 1.29 is 14.4 Å². The molecule has 2 atom stereocenters. The molecule has 0 spiro atoms. The Labute approximate surface area is 162 Å². The van der Waals surface area contributed by atoms with Crippen molar-refractivity contribution in [1.29, 1.82) is 0 Å². The third-order valence-corrected chi connectivity index (χ3v) is 5.87. The molecule has 0 aromatic heterocycles. The molecule has 4 N–H and O–H groups in total. The van der Waals surface area contributed by atoms with Gasteiger partial charge in [-0.3, -0.25) is 14.9 Å². The van der Waals surface area contributed by atoms with Gasteiger partial charge in [-0.05, 0) is 17.7 Å². The quantitative estimate of drug-likeness (QED) is 0.576. The number of rotatable bonds is 3. The topological polar surface area (TPSA) is 103 Å². The number of halogens is 1. The molecule has 8 nitrogen and oxygen atoms in total. The average Bonchev–Trinajstić information content (AvgIpc) is 2.61. The Morgan fingerprint density at radius 3 is 2.59 bits per heavy atom. The summed E-state index contributed by atoms with van der Waals surface area (Å²) in [6.45, 7) is 4.28. The number of imide groups is 1. The third kappa shape index (κ3) is 3.52.